The summed E-state index contributed by atoms with van der Waals surface area (Å²) in [4.78, 5) is 9.78. The Morgan fingerprint density at radius 1 is 1.35 bits per heavy atom. The van der Waals surface area contributed by atoms with Gasteiger partial charge in [-0.25, -0.2) is 9.97 Å². The summed E-state index contributed by atoms with van der Waals surface area (Å²) in [6.07, 6.45) is 3.83. The van der Waals surface area contributed by atoms with Crippen molar-refractivity contribution in [3.05, 3.63) is 34.8 Å². The highest BCUT2D eigenvalue weighted by Gasteiger charge is 2.08. The number of nitrogens with zero attached hydrogens (tertiary/aromatic N) is 2. The molecule has 0 fully saturated rings. The first kappa shape index (κ1) is 15.2. The average Bonchev–Trinajstić information content (AvgIpc) is 2.90. The SMILES string of the molecule is CC(CNc1ncc(SC(F)F)cn1)Cc1cccs1. The highest BCUT2D eigenvalue weighted by Crippen LogP contribution is 2.23. The lowest BCUT2D eigenvalue weighted by atomic mass is 10.1. The summed E-state index contributed by atoms with van der Waals surface area (Å²) in [6, 6.07) is 4.16. The number of thioether (sulfide) groups is 1. The van der Waals surface area contributed by atoms with E-state index in [9.17, 15) is 8.78 Å². The molecule has 0 bridgehead atoms. The van der Waals surface area contributed by atoms with Crippen molar-refractivity contribution in [2.45, 2.75) is 24.0 Å². The summed E-state index contributed by atoms with van der Waals surface area (Å²) >= 11 is 2.20. The predicted molar refractivity (Wildman–Crippen MR) is 79.6 cm³/mol. The van der Waals surface area contributed by atoms with Crippen LogP contribution in [0.1, 0.15) is 11.8 Å². The molecular weight excluding hydrogens is 300 g/mol. The van der Waals surface area contributed by atoms with Crippen LogP contribution in [0.4, 0.5) is 14.7 Å². The quantitative estimate of drug-likeness (QED) is 0.779. The highest BCUT2D eigenvalue weighted by molar-refractivity contribution is 7.99. The molecule has 2 rings (SSSR count). The van der Waals surface area contributed by atoms with Crippen LogP contribution in [-0.2, 0) is 6.42 Å². The van der Waals surface area contributed by atoms with Gasteiger partial charge in [0.15, 0.2) is 0 Å². The van der Waals surface area contributed by atoms with E-state index in [1.807, 2.05) is 6.07 Å². The van der Waals surface area contributed by atoms with E-state index in [-0.39, 0.29) is 0 Å². The van der Waals surface area contributed by atoms with Crippen LogP contribution in [0.5, 0.6) is 0 Å². The summed E-state index contributed by atoms with van der Waals surface area (Å²) in [5.41, 5.74) is 0. The number of aromatic nitrogens is 2. The van der Waals surface area contributed by atoms with Crippen molar-refractivity contribution < 1.29 is 8.78 Å². The topological polar surface area (TPSA) is 37.8 Å². The predicted octanol–water partition coefficient (Wildman–Crippen LogP) is 4.14. The van der Waals surface area contributed by atoms with Gasteiger partial charge in [0, 0.05) is 28.7 Å². The summed E-state index contributed by atoms with van der Waals surface area (Å²) in [5.74, 6) is -1.52. The molecule has 7 heteroatoms. The lowest BCUT2D eigenvalue weighted by Gasteiger charge is -2.11. The molecule has 108 valence electrons. The fraction of sp³-hybridized carbons (Fsp3) is 0.385. The fourth-order valence-corrected chi connectivity index (χ4v) is 2.98. The second-order valence-corrected chi connectivity index (χ2v) is 6.49. The van der Waals surface area contributed by atoms with Crippen LogP contribution in [0.25, 0.3) is 0 Å². The van der Waals surface area contributed by atoms with Gasteiger partial charge >= 0.3 is 0 Å². The molecule has 0 amide bonds. The summed E-state index contributed by atoms with van der Waals surface area (Å²) in [5, 5.41) is 5.19. The Kier molecular flexibility index (Phi) is 5.72. The van der Waals surface area contributed by atoms with Crippen LogP contribution >= 0.6 is 23.1 Å². The van der Waals surface area contributed by atoms with Gasteiger partial charge in [0.05, 0.1) is 0 Å². The number of halogens is 2. The van der Waals surface area contributed by atoms with Crippen LogP contribution in [0.3, 0.4) is 0 Å². The van der Waals surface area contributed by atoms with E-state index in [0.717, 1.165) is 13.0 Å². The first-order valence-electron chi connectivity index (χ1n) is 6.16. The zero-order valence-electron chi connectivity index (χ0n) is 10.9. The van der Waals surface area contributed by atoms with Gasteiger partial charge in [0.1, 0.15) is 0 Å². The normalized spacial score (nSPS) is 12.6. The minimum absolute atomic E-state index is 0.372. The molecule has 0 aliphatic rings. The van der Waals surface area contributed by atoms with Crippen LogP contribution in [0.15, 0.2) is 34.8 Å². The van der Waals surface area contributed by atoms with Gasteiger partial charge in [-0.15, -0.1) is 11.3 Å². The van der Waals surface area contributed by atoms with Gasteiger partial charge in [0.25, 0.3) is 5.76 Å². The number of hydrogen-bond acceptors (Lipinski definition) is 5. The maximum Gasteiger partial charge on any atom is 0.289 e. The highest BCUT2D eigenvalue weighted by atomic mass is 32.2. The maximum absolute atomic E-state index is 12.1. The molecular formula is C13H15F2N3S2. The molecule has 1 unspecified atom stereocenters. The second-order valence-electron chi connectivity index (χ2n) is 4.39. The Bertz CT molecular complexity index is 503. The van der Waals surface area contributed by atoms with Crippen LogP contribution < -0.4 is 5.32 Å². The molecule has 2 heterocycles. The van der Waals surface area contributed by atoms with Gasteiger partial charge in [-0.2, -0.15) is 8.78 Å². The van der Waals surface area contributed by atoms with Crippen molar-refractivity contribution in [1.82, 2.24) is 9.97 Å². The Labute approximate surface area is 124 Å². The number of alkyl halides is 2. The van der Waals surface area contributed by atoms with Gasteiger partial charge < -0.3 is 5.32 Å². The van der Waals surface area contributed by atoms with Gasteiger partial charge in [0.2, 0.25) is 5.95 Å². The van der Waals surface area contributed by atoms with Gasteiger partial charge in [-0.3, -0.25) is 0 Å². The van der Waals surface area contributed by atoms with Crippen LogP contribution in [-0.4, -0.2) is 22.3 Å². The molecule has 20 heavy (non-hydrogen) atoms. The number of nitrogens with one attached hydrogen (secondary N) is 1. The summed E-state index contributed by atoms with van der Waals surface area (Å²) in [6.45, 7) is 2.90. The first-order chi connectivity index (χ1) is 9.63. The molecule has 2 aromatic rings. The minimum Gasteiger partial charge on any atom is -0.354 e. The number of anilines is 1. The van der Waals surface area contributed by atoms with E-state index in [2.05, 4.69) is 33.7 Å². The van der Waals surface area contributed by atoms with Crippen molar-refractivity contribution in [3.63, 3.8) is 0 Å². The molecule has 0 aliphatic heterocycles. The number of hydrogen-bond donors (Lipinski definition) is 1. The van der Waals surface area contributed by atoms with E-state index in [1.165, 1.54) is 17.3 Å². The third kappa shape index (κ3) is 5.05. The number of thiophene rings is 1. The standard InChI is InChI=1S/C13H15F2N3S2/c1-9(5-10-3-2-4-19-10)6-16-13-17-7-11(8-18-13)20-12(14)15/h2-4,7-9,12H,5-6H2,1H3,(H,16,17,18). The number of rotatable bonds is 7. The van der Waals surface area contributed by atoms with Crippen molar-refractivity contribution in [2.75, 3.05) is 11.9 Å². The molecule has 3 nitrogen and oxygen atoms in total. The van der Waals surface area contributed by atoms with Gasteiger partial charge in [-0.05, 0) is 23.8 Å². The van der Waals surface area contributed by atoms with E-state index >= 15 is 0 Å². The molecule has 0 aliphatic carbocycles. The zero-order valence-corrected chi connectivity index (χ0v) is 12.6. The average molecular weight is 315 g/mol. The molecule has 0 saturated heterocycles. The van der Waals surface area contributed by atoms with Crippen LogP contribution in [0, 0.1) is 5.92 Å². The van der Waals surface area contributed by atoms with E-state index in [0.29, 0.717) is 28.5 Å². The maximum atomic E-state index is 12.1. The summed E-state index contributed by atoms with van der Waals surface area (Å²) in [7, 11) is 0. The third-order valence-electron chi connectivity index (χ3n) is 2.59. The molecule has 0 saturated carbocycles. The second kappa shape index (κ2) is 7.54. The van der Waals surface area contributed by atoms with Crippen molar-refractivity contribution >= 4 is 29.0 Å². The van der Waals surface area contributed by atoms with E-state index in [4.69, 9.17) is 0 Å². The molecule has 0 radical (unpaired) electrons. The molecule has 0 spiro atoms. The first-order valence-corrected chi connectivity index (χ1v) is 7.92. The van der Waals surface area contributed by atoms with Crippen molar-refractivity contribution in [1.29, 1.82) is 0 Å². The monoisotopic (exact) mass is 315 g/mol. The smallest absolute Gasteiger partial charge is 0.289 e. The Hall–Kier alpha value is -1.21. The minimum atomic E-state index is -2.44. The Morgan fingerprint density at radius 3 is 2.70 bits per heavy atom. The van der Waals surface area contributed by atoms with Crippen molar-refractivity contribution in [3.8, 4) is 0 Å². The lowest BCUT2D eigenvalue weighted by molar-refractivity contribution is 0.252. The molecule has 1 atom stereocenters. The fourth-order valence-electron chi connectivity index (χ4n) is 1.68. The Balaban J connectivity index is 1.78. The van der Waals surface area contributed by atoms with Gasteiger partial charge in [-0.1, -0.05) is 24.8 Å². The molecule has 2 aromatic heterocycles. The Morgan fingerprint density at radius 2 is 2.10 bits per heavy atom. The zero-order chi connectivity index (χ0) is 14.4. The van der Waals surface area contributed by atoms with Crippen molar-refractivity contribution in [2.24, 2.45) is 5.92 Å². The van der Waals surface area contributed by atoms with E-state index in [1.54, 1.807) is 11.3 Å². The summed E-state index contributed by atoms with van der Waals surface area (Å²) < 4.78 is 24.3. The molecule has 1 N–H and O–H groups in total. The third-order valence-corrected chi connectivity index (χ3v) is 4.15. The largest absolute Gasteiger partial charge is 0.354 e. The van der Waals surface area contributed by atoms with Crippen LogP contribution in [0.2, 0.25) is 0 Å². The van der Waals surface area contributed by atoms with E-state index < -0.39 is 5.76 Å². The lowest BCUT2D eigenvalue weighted by Crippen LogP contribution is -2.14. The molecule has 0 aromatic carbocycles.